The fraction of sp³-hybridized carbons (Fsp3) is 0.0833. The van der Waals surface area contributed by atoms with Crippen LogP contribution in [0, 0.1) is 0 Å². The summed E-state index contributed by atoms with van der Waals surface area (Å²) in [7, 11) is 0. The average Bonchev–Trinajstić information content (AvgIpc) is 2.33. The highest BCUT2D eigenvalue weighted by Crippen LogP contribution is 2.27. The fourth-order valence-electron chi connectivity index (χ4n) is 1.34. The van der Waals surface area contributed by atoms with Gasteiger partial charge in [-0.05, 0) is 18.2 Å². The van der Waals surface area contributed by atoms with Crippen LogP contribution in [-0.2, 0) is 0 Å². The van der Waals surface area contributed by atoms with Gasteiger partial charge in [0.15, 0.2) is 11.6 Å². The number of rotatable bonds is 2. The Bertz CT molecular complexity index is 584. The summed E-state index contributed by atoms with van der Waals surface area (Å²) < 4.78 is 0. The van der Waals surface area contributed by atoms with Crippen LogP contribution < -0.4 is 0 Å². The Hall–Kier alpha value is -1.45. The molecule has 2 rings (SSSR count). The van der Waals surface area contributed by atoms with Crippen molar-refractivity contribution in [1.29, 1.82) is 0 Å². The quantitative estimate of drug-likeness (QED) is 0.780. The minimum atomic E-state index is -0.174. The van der Waals surface area contributed by atoms with E-state index in [1.165, 1.54) is 6.92 Å². The first-order chi connectivity index (χ1) is 8.08. The van der Waals surface area contributed by atoms with Crippen molar-refractivity contribution in [2.75, 3.05) is 0 Å². The van der Waals surface area contributed by atoms with Crippen LogP contribution in [0.5, 0.6) is 0 Å². The number of benzene rings is 1. The molecule has 5 heteroatoms. The van der Waals surface area contributed by atoms with E-state index in [0.29, 0.717) is 15.7 Å². The van der Waals surface area contributed by atoms with Gasteiger partial charge >= 0.3 is 0 Å². The van der Waals surface area contributed by atoms with E-state index in [0.717, 1.165) is 5.56 Å². The highest BCUT2D eigenvalue weighted by atomic mass is 35.5. The van der Waals surface area contributed by atoms with Crippen LogP contribution in [0.4, 0.5) is 0 Å². The van der Waals surface area contributed by atoms with Crippen LogP contribution in [0.25, 0.3) is 11.3 Å². The van der Waals surface area contributed by atoms with Crippen molar-refractivity contribution in [3.63, 3.8) is 0 Å². The Balaban J connectivity index is 2.49. The van der Waals surface area contributed by atoms with E-state index in [2.05, 4.69) is 9.97 Å². The second-order valence-corrected chi connectivity index (χ2v) is 4.26. The Morgan fingerprint density at radius 3 is 2.59 bits per heavy atom. The first-order valence-corrected chi connectivity index (χ1v) is 5.63. The zero-order valence-electron chi connectivity index (χ0n) is 8.95. The molecule has 0 N–H and O–H groups in total. The van der Waals surface area contributed by atoms with E-state index >= 15 is 0 Å². The summed E-state index contributed by atoms with van der Waals surface area (Å²) in [5, 5.41) is 0.934. The van der Waals surface area contributed by atoms with Gasteiger partial charge in [0.05, 0.1) is 15.7 Å². The molecule has 1 aromatic heterocycles. The minimum Gasteiger partial charge on any atom is -0.291 e. The van der Waals surface area contributed by atoms with E-state index in [4.69, 9.17) is 23.2 Å². The van der Waals surface area contributed by atoms with Crippen LogP contribution >= 0.6 is 23.2 Å². The third-order valence-electron chi connectivity index (χ3n) is 2.19. The third kappa shape index (κ3) is 2.62. The molecule has 0 saturated heterocycles. The largest absolute Gasteiger partial charge is 0.291 e. The highest BCUT2D eigenvalue weighted by Gasteiger charge is 2.07. The molecule has 1 heterocycles. The molecule has 0 fully saturated rings. The molecule has 0 spiro atoms. The number of Topliss-reactive ketones (excluding diaryl/α,β-unsaturated/α-hetero) is 1. The van der Waals surface area contributed by atoms with Crippen molar-refractivity contribution in [2.24, 2.45) is 0 Å². The molecule has 1 aromatic carbocycles. The maximum atomic E-state index is 11.2. The second kappa shape index (κ2) is 4.82. The molecule has 0 aliphatic rings. The molecule has 0 radical (unpaired) electrons. The molecule has 0 unspecified atom stereocenters. The number of ketones is 1. The summed E-state index contributed by atoms with van der Waals surface area (Å²) in [4.78, 5) is 19.2. The van der Waals surface area contributed by atoms with E-state index in [-0.39, 0.29) is 11.6 Å². The third-order valence-corrected chi connectivity index (χ3v) is 2.92. The van der Waals surface area contributed by atoms with Crippen molar-refractivity contribution in [3.8, 4) is 11.3 Å². The molecule has 0 amide bonds. The van der Waals surface area contributed by atoms with Crippen LogP contribution in [-0.4, -0.2) is 15.8 Å². The molecule has 0 aliphatic carbocycles. The lowest BCUT2D eigenvalue weighted by molar-refractivity contribution is 0.100. The lowest BCUT2D eigenvalue weighted by Crippen LogP contribution is -2.01. The van der Waals surface area contributed by atoms with E-state index in [1.54, 1.807) is 30.5 Å². The average molecular weight is 267 g/mol. The smallest absolute Gasteiger partial charge is 0.196 e. The predicted octanol–water partition coefficient (Wildman–Crippen LogP) is 3.65. The van der Waals surface area contributed by atoms with Gasteiger partial charge in [-0.2, -0.15) is 0 Å². The van der Waals surface area contributed by atoms with Crippen LogP contribution in [0.15, 0.2) is 30.5 Å². The van der Waals surface area contributed by atoms with Crippen molar-refractivity contribution < 1.29 is 4.79 Å². The van der Waals surface area contributed by atoms with Crippen molar-refractivity contribution in [3.05, 3.63) is 46.3 Å². The van der Waals surface area contributed by atoms with Crippen molar-refractivity contribution in [2.45, 2.75) is 6.92 Å². The maximum absolute atomic E-state index is 11.2. The summed E-state index contributed by atoms with van der Waals surface area (Å²) in [6, 6.07) is 6.90. The zero-order valence-corrected chi connectivity index (χ0v) is 10.5. The first kappa shape index (κ1) is 12.0. The number of halogens is 2. The lowest BCUT2D eigenvalue weighted by atomic mass is 10.1. The number of carbonyl (C=O) groups excluding carboxylic acids is 1. The van der Waals surface area contributed by atoms with E-state index in [1.807, 2.05) is 0 Å². The molecule has 2 aromatic rings. The summed E-state index contributed by atoms with van der Waals surface area (Å²) in [6.07, 6.45) is 1.54. The van der Waals surface area contributed by atoms with Gasteiger partial charge in [0.2, 0.25) is 0 Å². The summed E-state index contributed by atoms with van der Waals surface area (Å²) in [5.41, 5.74) is 1.44. The van der Waals surface area contributed by atoms with Gasteiger partial charge in [-0.15, -0.1) is 0 Å². The predicted molar refractivity (Wildman–Crippen MR) is 67.5 cm³/mol. The number of hydrogen-bond acceptors (Lipinski definition) is 3. The van der Waals surface area contributed by atoms with Crippen molar-refractivity contribution in [1.82, 2.24) is 9.97 Å². The summed E-state index contributed by atoms with van der Waals surface area (Å²) in [6.45, 7) is 1.42. The molecular weight excluding hydrogens is 259 g/mol. The van der Waals surface area contributed by atoms with Gasteiger partial charge < -0.3 is 0 Å². The lowest BCUT2D eigenvalue weighted by Gasteiger charge is -2.03. The molecule has 86 valence electrons. The summed E-state index contributed by atoms with van der Waals surface area (Å²) in [5.74, 6) is 0.0143. The number of aromatic nitrogens is 2. The topological polar surface area (TPSA) is 42.9 Å². The molecule has 3 nitrogen and oxygen atoms in total. The van der Waals surface area contributed by atoms with Crippen LogP contribution in [0.1, 0.15) is 17.5 Å². The Labute approximate surface area is 108 Å². The minimum absolute atomic E-state index is 0.174. The van der Waals surface area contributed by atoms with Gasteiger partial charge in [0.1, 0.15) is 0 Å². The fourth-order valence-corrected chi connectivity index (χ4v) is 1.64. The zero-order chi connectivity index (χ0) is 12.4. The van der Waals surface area contributed by atoms with Gasteiger partial charge in [-0.3, -0.25) is 4.79 Å². The van der Waals surface area contributed by atoms with Gasteiger partial charge in [-0.25, -0.2) is 9.97 Å². The number of carbonyl (C=O) groups is 1. The molecule has 0 aliphatic heterocycles. The Morgan fingerprint density at radius 2 is 1.94 bits per heavy atom. The van der Waals surface area contributed by atoms with Gasteiger partial charge in [-0.1, -0.05) is 29.3 Å². The second-order valence-electron chi connectivity index (χ2n) is 3.45. The number of hydrogen-bond donors (Lipinski definition) is 0. The van der Waals surface area contributed by atoms with Crippen molar-refractivity contribution >= 4 is 29.0 Å². The molecule has 0 bridgehead atoms. The molecular formula is C12H8Cl2N2O. The first-order valence-electron chi connectivity index (χ1n) is 4.87. The van der Waals surface area contributed by atoms with Gasteiger partial charge in [0.25, 0.3) is 0 Å². The SMILES string of the molecule is CC(=O)c1nccc(-c2ccc(Cl)c(Cl)c2)n1. The highest BCUT2D eigenvalue weighted by molar-refractivity contribution is 6.42. The summed E-state index contributed by atoms with van der Waals surface area (Å²) >= 11 is 11.8. The standard InChI is InChI=1S/C12H8Cl2N2O/c1-7(17)12-15-5-4-11(16-12)8-2-3-9(13)10(14)6-8/h2-6H,1H3. The molecule has 0 atom stereocenters. The normalized spacial score (nSPS) is 10.3. The number of nitrogens with zero attached hydrogens (tertiary/aromatic N) is 2. The van der Waals surface area contributed by atoms with E-state index < -0.39 is 0 Å². The molecule has 17 heavy (non-hydrogen) atoms. The van der Waals surface area contributed by atoms with Crippen LogP contribution in [0.2, 0.25) is 10.0 Å². The monoisotopic (exact) mass is 266 g/mol. The maximum Gasteiger partial charge on any atom is 0.196 e. The van der Waals surface area contributed by atoms with E-state index in [9.17, 15) is 4.79 Å². The Morgan fingerprint density at radius 1 is 1.18 bits per heavy atom. The Kier molecular flexibility index (Phi) is 3.41. The van der Waals surface area contributed by atoms with Crippen LogP contribution in [0.3, 0.4) is 0 Å². The van der Waals surface area contributed by atoms with Gasteiger partial charge in [0, 0.05) is 18.7 Å². The molecule has 0 saturated carbocycles.